The second-order valence-electron chi connectivity index (χ2n) is 9.25. The van der Waals surface area contributed by atoms with Crippen LogP contribution in [0.3, 0.4) is 0 Å². The van der Waals surface area contributed by atoms with Crippen LogP contribution in [0.25, 0.3) is 22.3 Å². The van der Waals surface area contributed by atoms with Crippen molar-refractivity contribution in [3.8, 4) is 22.8 Å². The number of aromatic nitrogens is 4. The van der Waals surface area contributed by atoms with Crippen LogP contribution in [0, 0.1) is 0 Å². The van der Waals surface area contributed by atoms with E-state index in [0.29, 0.717) is 5.82 Å². The number of nitrogen functional groups attached to an aromatic ring is 1. The highest BCUT2D eigenvalue weighted by molar-refractivity contribution is 5.98. The lowest BCUT2D eigenvalue weighted by Crippen LogP contribution is -2.21. The van der Waals surface area contributed by atoms with Crippen molar-refractivity contribution in [2.45, 2.75) is 25.3 Å². The highest BCUT2D eigenvalue weighted by Gasteiger charge is 2.31. The number of nitrogens with zero attached hydrogens (tertiary/aromatic N) is 5. The Morgan fingerprint density at radius 2 is 1.77 bits per heavy atom. The maximum absolute atomic E-state index is 6.35. The van der Waals surface area contributed by atoms with Gasteiger partial charge in [-0.25, -0.2) is 14.6 Å². The lowest BCUT2D eigenvalue weighted by atomic mass is 9.90. The molecule has 35 heavy (non-hydrogen) atoms. The van der Waals surface area contributed by atoms with Crippen molar-refractivity contribution in [1.29, 1.82) is 0 Å². The number of ether oxygens (including phenoxy) is 1. The van der Waals surface area contributed by atoms with Gasteiger partial charge in [0.2, 0.25) is 0 Å². The molecule has 6 rings (SSSR count). The standard InChI is InChI=1S/C28H28N6O/c1-2-14-33-16-20-8-11-22(15-21(20)17-33)34-28-25(27(29)30-18-31-28)26(32-34)19-9-12-24(13-10-19)35-23-6-4-3-5-7-23/h2-7,9-10,12-13,18,22H,1,8,11,14-17H2,(H2,29,30,31). The normalized spacial score (nSPS) is 18.1. The third kappa shape index (κ3) is 4.08. The quantitative estimate of drug-likeness (QED) is 0.385. The average Bonchev–Trinajstić information content (AvgIpc) is 3.47. The molecule has 0 amide bonds. The van der Waals surface area contributed by atoms with Crippen LogP contribution in [0.4, 0.5) is 5.82 Å². The fourth-order valence-corrected chi connectivity index (χ4v) is 5.29. The zero-order valence-electron chi connectivity index (χ0n) is 19.6. The fourth-order valence-electron chi connectivity index (χ4n) is 5.29. The molecule has 0 saturated carbocycles. The van der Waals surface area contributed by atoms with E-state index in [0.717, 1.165) is 72.7 Å². The van der Waals surface area contributed by atoms with E-state index in [1.54, 1.807) is 5.57 Å². The summed E-state index contributed by atoms with van der Waals surface area (Å²) in [5, 5.41) is 5.88. The Bertz CT molecular complexity index is 1410. The van der Waals surface area contributed by atoms with Crippen molar-refractivity contribution in [3.63, 3.8) is 0 Å². The van der Waals surface area contributed by atoms with Gasteiger partial charge >= 0.3 is 0 Å². The van der Waals surface area contributed by atoms with Crippen LogP contribution in [0.5, 0.6) is 11.5 Å². The number of anilines is 1. The van der Waals surface area contributed by atoms with E-state index in [1.165, 1.54) is 11.9 Å². The lowest BCUT2D eigenvalue weighted by Gasteiger charge is -2.24. The van der Waals surface area contributed by atoms with Gasteiger partial charge in [0.15, 0.2) is 5.65 Å². The van der Waals surface area contributed by atoms with Crippen molar-refractivity contribution < 1.29 is 4.74 Å². The molecule has 1 aliphatic carbocycles. The Hall–Kier alpha value is -3.97. The molecule has 7 nitrogen and oxygen atoms in total. The third-order valence-electron chi connectivity index (χ3n) is 6.95. The minimum atomic E-state index is 0.253. The molecule has 0 bridgehead atoms. The predicted molar refractivity (Wildman–Crippen MR) is 138 cm³/mol. The molecular weight excluding hydrogens is 436 g/mol. The molecule has 1 atom stereocenters. The van der Waals surface area contributed by atoms with Gasteiger partial charge in [0.05, 0.1) is 11.4 Å². The van der Waals surface area contributed by atoms with Gasteiger partial charge in [-0.1, -0.05) is 35.4 Å². The van der Waals surface area contributed by atoms with E-state index in [4.69, 9.17) is 15.6 Å². The fraction of sp³-hybridized carbons (Fsp3) is 0.250. The van der Waals surface area contributed by atoms with Crippen molar-refractivity contribution in [2.24, 2.45) is 0 Å². The van der Waals surface area contributed by atoms with Crippen LogP contribution in [0.2, 0.25) is 0 Å². The number of nitrogens with two attached hydrogens (primary N) is 1. The lowest BCUT2D eigenvalue weighted by molar-refractivity contribution is 0.379. The first kappa shape index (κ1) is 21.6. The van der Waals surface area contributed by atoms with Crippen molar-refractivity contribution >= 4 is 16.9 Å². The highest BCUT2D eigenvalue weighted by Crippen LogP contribution is 2.40. The Labute approximate surface area is 204 Å². The van der Waals surface area contributed by atoms with E-state index in [2.05, 4.69) is 26.1 Å². The van der Waals surface area contributed by atoms with Crippen molar-refractivity contribution in [1.82, 2.24) is 24.6 Å². The van der Waals surface area contributed by atoms with Crippen LogP contribution < -0.4 is 10.5 Å². The maximum atomic E-state index is 6.35. The average molecular weight is 465 g/mol. The summed E-state index contributed by atoms with van der Waals surface area (Å²) in [5.74, 6) is 2.02. The van der Waals surface area contributed by atoms with Crippen molar-refractivity contribution in [2.75, 3.05) is 25.4 Å². The molecular formula is C28H28N6O. The molecule has 7 heteroatoms. The number of benzene rings is 2. The highest BCUT2D eigenvalue weighted by atomic mass is 16.5. The van der Waals surface area contributed by atoms with E-state index in [1.807, 2.05) is 60.7 Å². The second-order valence-corrected chi connectivity index (χ2v) is 9.25. The van der Waals surface area contributed by atoms with E-state index < -0.39 is 0 Å². The summed E-state index contributed by atoms with van der Waals surface area (Å²) in [4.78, 5) is 11.3. The number of hydrogen-bond acceptors (Lipinski definition) is 6. The minimum absolute atomic E-state index is 0.253. The van der Waals surface area contributed by atoms with E-state index >= 15 is 0 Å². The Balaban J connectivity index is 1.31. The first-order valence-corrected chi connectivity index (χ1v) is 12.0. The molecule has 0 radical (unpaired) electrons. The number of hydrogen-bond donors (Lipinski definition) is 1. The zero-order chi connectivity index (χ0) is 23.8. The summed E-state index contributed by atoms with van der Waals surface area (Å²) in [6.45, 7) is 6.91. The van der Waals surface area contributed by atoms with Crippen LogP contribution in [-0.2, 0) is 0 Å². The number of rotatable bonds is 6. The first-order valence-electron chi connectivity index (χ1n) is 12.0. The topological polar surface area (TPSA) is 82.1 Å². The first-order chi connectivity index (χ1) is 17.2. The van der Waals surface area contributed by atoms with Gasteiger partial charge in [0, 0.05) is 25.2 Å². The molecule has 2 aliphatic rings. The molecule has 1 unspecified atom stereocenters. The van der Waals surface area contributed by atoms with Crippen LogP contribution in [0.15, 0.2) is 84.7 Å². The minimum Gasteiger partial charge on any atom is -0.457 e. The van der Waals surface area contributed by atoms with Gasteiger partial charge in [-0.15, -0.1) is 6.58 Å². The van der Waals surface area contributed by atoms with Gasteiger partial charge in [-0.05, 0) is 55.7 Å². The van der Waals surface area contributed by atoms with Gasteiger partial charge in [0.25, 0.3) is 0 Å². The Kier molecular flexibility index (Phi) is 5.54. The van der Waals surface area contributed by atoms with Crippen LogP contribution in [0.1, 0.15) is 25.3 Å². The molecule has 0 saturated heterocycles. The summed E-state index contributed by atoms with van der Waals surface area (Å²) >= 11 is 0. The van der Waals surface area contributed by atoms with E-state index in [-0.39, 0.29) is 6.04 Å². The van der Waals surface area contributed by atoms with Gasteiger partial charge in [-0.3, -0.25) is 4.90 Å². The smallest absolute Gasteiger partial charge is 0.164 e. The second kappa shape index (κ2) is 9.00. The predicted octanol–water partition coefficient (Wildman–Crippen LogP) is 5.39. The van der Waals surface area contributed by atoms with Gasteiger partial charge < -0.3 is 10.5 Å². The molecule has 3 heterocycles. The molecule has 2 aromatic carbocycles. The molecule has 2 aromatic heterocycles. The molecule has 176 valence electrons. The van der Waals surface area contributed by atoms with E-state index in [9.17, 15) is 0 Å². The van der Waals surface area contributed by atoms with Gasteiger partial charge in [0.1, 0.15) is 29.3 Å². The van der Waals surface area contributed by atoms with Crippen molar-refractivity contribution in [3.05, 3.63) is 84.7 Å². The molecule has 0 spiro atoms. The Morgan fingerprint density at radius 1 is 1.00 bits per heavy atom. The maximum Gasteiger partial charge on any atom is 0.164 e. The summed E-state index contributed by atoms with van der Waals surface area (Å²) < 4.78 is 8.04. The Morgan fingerprint density at radius 3 is 2.57 bits per heavy atom. The molecule has 1 aliphatic heterocycles. The zero-order valence-corrected chi connectivity index (χ0v) is 19.6. The number of para-hydroxylation sites is 1. The summed E-state index contributed by atoms with van der Waals surface area (Å²) in [6.07, 6.45) is 6.65. The monoisotopic (exact) mass is 464 g/mol. The summed E-state index contributed by atoms with van der Waals surface area (Å²) in [7, 11) is 0. The summed E-state index contributed by atoms with van der Waals surface area (Å²) in [6, 6.07) is 18.0. The molecule has 2 N–H and O–H groups in total. The van der Waals surface area contributed by atoms with Crippen LogP contribution in [-0.4, -0.2) is 44.3 Å². The number of fused-ring (bicyclic) bond motifs is 1. The molecule has 0 fully saturated rings. The largest absolute Gasteiger partial charge is 0.457 e. The SMILES string of the molecule is C=CCN1CC2=C(CC(n3nc(-c4ccc(Oc5ccccc5)cc4)c4c(N)ncnc43)CC2)C1. The van der Waals surface area contributed by atoms with Gasteiger partial charge in [-0.2, -0.15) is 5.10 Å². The van der Waals surface area contributed by atoms with Crippen LogP contribution >= 0.6 is 0 Å². The molecule has 4 aromatic rings. The summed E-state index contributed by atoms with van der Waals surface area (Å²) in [5.41, 5.74) is 12.0. The third-order valence-corrected chi connectivity index (χ3v) is 6.95.